The van der Waals surface area contributed by atoms with Crippen LogP contribution >= 0.6 is 0 Å². The first-order chi connectivity index (χ1) is 11.1. The number of hydrogen-bond donors (Lipinski definition) is 1. The highest BCUT2D eigenvalue weighted by atomic mass is 16.2. The molecule has 0 bridgehead atoms. The van der Waals surface area contributed by atoms with Gasteiger partial charge in [-0.2, -0.15) is 5.10 Å². The Kier molecular flexibility index (Phi) is 5.18. The molecule has 23 heavy (non-hydrogen) atoms. The van der Waals surface area contributed by atoms with Crippen LogP contribution in [0.25, 0.3) is 0 Å². The minimum absolute atomic E-state index is 0.125. The highest BCUT2D eigenvalue weighted by Crippen LogP contribution is 2.30. The lowest BCUT2D eigenvalue weighted by molar-refractivity contribution is 0.148. The molecule has 1 saturated heterocycles. The Bertz CT molecular complexity index is 493. The van der Waals surface area contributed by atoms with E-state index in [-0.39, 0.29) is 6.03 Å². The van der Waals surface area contributed by atoms with Gasteiger partial charge in [-0.15, -0.1) is 0 Å². The van der Waals surface area contributed by atoms with E-state index in [4.69, 9.17) is 0 Å². The Hall–Kier alpha value is -1.59. The Labute approximate surface area is 138 Å². The molecule has 0 aromatic carbocycles. The van der Waals surface area contributed by atoms with E-state index in [9.17, 15) is 4.79 Å². The molecule has 0 unspecified atom stereocenters. The maximum absolute atomic E-state index is 12.6. The number of urea groups is 1. The molecule has 3 rings (SSSR count). The third-order valence-corrected chi connectivity index (χ3v) is 5.55. The van der Waals surface area contributed by atoms with Crippen molar-refractivity contribution in [3.8, 4) is 0 Å². The molecule has 2 aliphatic rings. The quantitative estimate of drug-likeness (QED) is 0.932. The summed E-state index contributed by atoms with van der Waals surface area (Å²) in [5.41, 5.74) is 0. The second-order valence-corrected chi connectivity index (χ2v) is 7.34. The Balaban J connectivity index is 1.51. The summed E-state index contributed by atoms with van der Waals surface area (Å²) in [6, 6.07) is 0.850. The lowest BCUT2D eigenvalue weighted by Gasteiger charge is -2.38. The number of carbonyl (C=O) groups is 1. The number of aromatic nitrogens is 3. The molecule has 1 aliphatic heterocycles. The zero-order chi connectivity index (χ0) is 16.2. The summed E-state index contributed by atoms with van der Waals surface area (Å²) in [7, 11) is 0. The summed E-state index contributed by atoms with van der Waals surface area (Å²) in [5, 5.41) is 7.54. The lowest BCUT2D eigenvalue weighted by Crippen LogP contribution is -2.51. The van der Waals surface area contributed by atoms with Gasteiger partial charge in [0, 0.05) is 19.1 Å². The van der Waals surface area contributed by atoms with Crippen LogP contribution in [0.3, 0.4) is 0 Å². The first-order valence-electron chi connectivity index (χ1n) is 9.04. The number of likely N-dealkylation sites (tertiary alicyclic amines) is 1. The third-order valence-electron chi connectivity index (χ3n) is 5.55. The van der Waals surface area contributed by atoms with Crippen LogP contribution in [-0.2, 0) is 0 Å². The number of nitrogens with zero attached hydrogens (tertiary/aromatic N) is 4. The molecule has 2 heterocycles. The number of hydrogen-bond acceptors (Lipinski definition) is 3. The summed E-state index contributed by atoms with van der Waals surface area (Å²) in [6.07, 6.45) is 10.2. The highest BCUT2D eigenvalue weighted by molar-refractivity contribution is 5.74. The maximum atomic E-state index is 12.6. The van der Waals surface area contributed by atoms with Gasteiger partial charge in [-0.05, 0) is 37.5 Å². The van der Waals surface area contributed by atoms with E-state index >= 15 is 0 Å². The van der Waals surface area contributed by atoms with Crippen LogP contribution in [0, 0.1) is 11.8 Å². The standard InChI is InChI=1S/C17H29N5O/c1-13(2)15-5-3-4-6-16(15)20-17(23)21-9-7-14(8-10-21)22-12-18-11-19-22/h11-16H,3-10H2,1-2H3,(H,20,23)/t15-,16-/m0/s1. The van der Waals surface area contributed by atoms with Crippen molar-refractivity contribution in [3.63, 3.8) is 0 Å². The normalized spacial score (nSPS) is 26.5. The van der Waals surface area contributed by atoms with Crippen molar-refractivity contribution < 1.29 is 4.79 Å². The van der Waals surface area contributed by atoms with Gasteiger partial charge in [0.25, 0.3) is 0 Å². The van der Waals surface area contributed by atoms with Crippen molar-refractivity contribution in [1.82, 2.24) is 25.0 Å². The monoisotopic (exact) mass is 319 g/mol. The smallest absolute Gasteiger partial charge is 0.317 e. The maximum Gasteiger partial charge on any atom is 0.317 e. The van der Waals surface area contributed by atoms with Crippen molar-refractivity contribution >= 4 is 6.03 Å². The Morgan fingerprint density at radius 3 is 2.57 bits per heavy atom. The average molecular weight is 319 g/mol. The van der Waals surface area contributed by atoms with Crippen molar-refractivity contribution in [1.29, 1.82) is 0 Å². The van der Waals surface area contributed by atoms with Gasteiger partial charge >= 0.3 is 6.03 Å². The van der Waals surface area contributed by atoms with Gasteiger partial charge in [0.05, 0.1) is 6.04 Å². The lowest BCUT2D eigenvalue weighted by atomic mass is 9.78. The molecule has 1 saturated carbocycles. The van der Waals surface area contributed by atoms with Gasteiger partial charge < -0.3 is 10.2 Å². The highest BCUT2D eigenvalue weighted by Gasteiger charge is 2.31. The first-order valence-corrected chi connectivity index (χ1v) is 9.04. The van der Waals surface area contributed by atoms with Crippen LogP contribution in [0.5, 0.6) is 0 Å². The average Bonchev–Trinajstić information content (AvgIpc) is 3.10. The first kappa shape index (κ1) is 16.3. The fourth-order valence-electron chi connectivity index (χ4n) is 4.13. The predicted molar refractivity (Wildman–Crippen MR) is 89.0 cm³/mol. The number of nitrogens with one attached hydrogen (secondary N) is 1. The molecule has 2 fully saturated rings. The van der Waals surface area contributed by atoms with Gasteiger partial charge in [0.2, 0.25) is 0 Å². The fraction of sp³-hybridized carbons (Fsp3) is 0.824. The van der Waals surface area contributed by atoms with E-state index in [1.165, 1.54) is 19.3 Å². The molecule has 0 radical (unpaired) electrons. The molecule has 2 atom stereocenters. The molecule has 1 aromatic rings. The van der Waals surface area contributed by atoms with Gasteiger partial charge in [-0.3, -0.25) is 0 Å². The SMILES string of the molecule is CC(C)[C@@H]1CCCC[C@@H]1NC(=O)N1CCC(n2cncn2)CC1. The second kappa shape index (κ2) is 7.32. The van der Waals surface area contributed by atoms with Crippen molar-refractivity contribution in [2.75, 3.05) is 13.1 Å². The fourth-order valence-corrected chi connectivity index (χ4v) is 4.13. The summed E-state index contributed by atoms with van der Waals surface area (Å²) >= 11 is 0. The van der Waals surface area contributed by atoms with Gasteiger partial charge in [-0.1, -0.05) is 26.7 Å². The number of rotatable bonds is 3. The molecule has 1 N–H and O–H groups in total. The molecular formula is C17H29N5O. The van der Waals surface area contributed by atoms with E-state index < -0.39 is 0 Å². The molecule has 0 spiro atoms. The van der Waals surface area contributed by atoms with E-state index in [0.29, 0.717) is 23.9 Å². The van der Waals surface area contributed by atoms with Crippen LogP contribution in [0.15, 0.2) is 12.7 Å². The van der Waals surface area contributed by atoms with Gasteiger partial charge in [0.15, 0.2) is 0 Å². The molecule has 6 heteroatoms. The topological polar surface area (TPSA) is 63.1 Å². The summed E-state index contributed by atoms with van der Waals surface area (Å²) in [4.78, 5) is 18.6. The Morgan fingerprint density at radius 1 is 1.17 bits per heavy atom. The molecule has 2 amide bonds. The second-order valence-electron chi connectivity index (χ2n) is 7.34. The van der Waals surface area contributed by atoms with Crippen molar-refractivity contribution in [3.05, 3.63) is 12.7 Å². The van der Waals surface area contributed by atoms with Crippen LogP contribution in [-0.4, -0.2) is 44.8 Å². The van der Waals surface area contributed by atoms with E-state index in [0.717, 1.165) is 32.4 Å². The third kappa shape index (κ3) is 3.85. The molecule has 1 aromatic heterocycles. The molecule has 128 valence electrons. The number of piperidine rings is 1. The number of carbonyl (C=O) groups excluding carboxylic acids is 1. The van der Waals surface area contributed by atoms with Crippen LogP contribution in [0.2, 0.25) is 0 Å². The van der Waals surface area contributed by atoms with Gasteiger partial charge in [-0.25, -0.2) is 14.5 Å². The summed E-state index contributed by atoms with van der Waals surface area (Å²) in [6.45, 7) is 6.16. The minimum atomic E-state index is 0.125. The van der Waals surface area contributed by atoms with E-state index in [2.05, 4.69) is 29.2 Å². The predicted octanol–water partition coefficient (Wildman–Crippen LogP) is 2.84. The zero-order valence-electron chi connectivity index (χ0n) is 14.3. The minimum Gasteiger partial charge on any atom is -0.335 e. The van der Waals surface area contributed by atoms with Crippen LogP contribution in [0.4, 0.5) is 4.79 Å². The van der Waals surface area contributed by atoms with E-state index in [1.54, 1.807) is 12.7 Å². The van der Waals surface area contributed by atoms with Crippen LogP contribution < -0.4 is 5.32 Å². The number of amides is 2. The van der Waals surface area contributed by atoms with E-state index in [1.807, 2.05) is 9.58 Å². The Morgan fingerprint density at radius 2 is 1.91 bits per heavy atom. The summed E-state index contributed by atoms with van der Waals surface area (Å²) in [5.74, 6) is 1.26. The van der Waals surface area contributed by atoms with Crippen molar-refractivity contribution in [2.45, 2.75) is 64.5 Å². The summed E-state index contributed by atoms with van der Waals surface area (Å²) < 4.78 is 1.92. The molecular weight excluding hydrogens is 290 g/mol. The van der Waals surface area contributed by atoms with Gasteiger partial charge in [0.1, 0.15) is 12.7 Å². The largest absolute Gasteiger partial charge is 0.335 e. The zero-order valence-corrected chi connectivity index (χ0v) is 14.3. The molecule has 6 nitrogen and oxygen atoms in total. The van der Waals surface area contributed by atoms with Crippen molar-refractivity contribution in [2.24, 2.45) is 11.8 Å². The van der Waals surface area contributed by atoms with Crippen LogP contribution in [0.1, 0.15) is 58.4 Å². The molecule has 1 aliphatic carbocycles.